The standard InChI is InChI=1S/C14H18N4/c1-10(15)11-5-4-8-16-14(11)18-9-17-12-6-2-3-7-13(12)18/h4-5,8-10H,2-3,6-7,15H2,1H3/t10-/m0/s1. The predicted molar refractivity (Wildman–Crippen MR) is 70.6 cm³/mol. The topological polar surface area (TPSA) is 56.7 Å². The van der Waals surface area contributed by atoms with E-state index in [1.54, 1.807) is 0 Å². The highest BCUT2D eigenvalue weighted by Gasteiger charge is 2.18. The van der Waals surface area contributed by atoms with Crippen LogP contribution in [0.1, 0.15) is 42.8 Å². The quantitative estimate of drug-likeness (QED) is 0.878. The van der Waals surface area contributed by atoms with E-state index in [-0.39, 0.29) is 6.04 Å². The van der Waals surface area contributed by atoms with Crippen LogP contribution < -0.4 is 5.73 Å². The molecule has 0 radical (unpaired) electrons. The van der Waals surface area contributed by atoms with Crippen LogP contribution in [0.5, 0.6) is 0 Å². The number of hydrogen-bond acceptors (Lipinski definition) is 3. The molecular formula is C14H18N4. The number of nitrogens with zero attached hydrogens (tertiary/aromatic N) is 3. The van der Waals surface area contributed by atoms with Gasteiger partial charge in [0.2, 0.25) is 0 Å². The molecule has 4 nitrogen and oxygen atoms in total. The zero-order valence-corrected chi connectivity index (χ0v) is 10.6. The van der Waals surface area contributed by atoms with Crippen molar-refractivity contribution in [2.45, 2.75) is 38.6 Å². The fourth-order valence-corrected chi connectivity index (χ4v) is 2.62. The predicted octanol–water partition coefficient (Wildman–Crippen LogP) is 2.17. The van der Waals surface area contributed by atoms with Crippen molar-refractivity contribution in [1.29, 1.82) is 0 Å². The van der Waals surface area contributed by atoms with Crippen LogP contribution in [-0.4, -0.2) is 14.5 Å². The average molecular weight is 242 g/mol. The smallest absolute Gasteiger partial charge is 0.142 e. The molecule has 0 unspecified atom stereocenters. The van der Waals surface area contributed by atoms with Crippen molar-refractivity contribution in [3.05, 3.63) is 41.6 Å². The number of imidazole rings is 1. The lowest BCUT2D eigenvalue weighted by Gasteiger charge is -2.17. The molecule has 94 valence electrons. The number of rotatable bonds is 2. The average Bonchev–Trinajstić information content (AvgIpc) is 2.82. The number of hydrogen-bond donors (Lipinski definition) is 1. The molecule has 2 heterocycles. The van der Waals surface area contributed by atoms with Crippen molar-refractivity contribution in [2.24, 2.45) is 5.73 Å². The maximum atomic E-state index is 6.02. The van der Waals surface area contributed by atoms with Crippen molar-refractivity contribution in [3.63, 3.8) is 0 Å². The van der Waals surface area contributed by atoms with Gasteiger partial charge in [0.15, 0.2) is 0 Å². The summed E-state index contributed by atoms with van der Waals surface area (Å²) in [5.41, 5.74) is 9.63. The Morgan fingerprint density at radius 2 is 2.11 bits per heavy atom. The van der Waals surface area contributed by atoms with Gasteiger partial charge in [-0.05, 0) is 38.7 Å². The molecule has 0 amide bonds. The molecular weight excluding hydrogens is 224 g/mol. The van der Waals surface area contributed by atoms with Gasteiger partial charge in [-0.15, -0.1) is 0 Å². The van der Waals surface area contributed by atoms with Crippen LogP contribution in [0, 0.1) is 0 Å². The highest BCUT2D eigenvalue weighted by Crippen LogP contribution is 2.25. The van der Waals surface area contributed by atoms with E-state index in [1.807, 2.05) is 31.6 Å². The molecule has 0 fully saturated rings. The molecule has 1 aliphatic rings. The Balaban J connectivity index is 2.13. The second-order valence-electron chi connectivity index (χ2n) is 4.92. The second kappa shape index (κ2) is 4.53. The van der Waals surface area contributed by atoms with Gasteiger partial charge >= 0.3 is 0 Å². The Bertz CT molecular complexity index is 557. The lowest BCUT2D eigenvalue weighted by atomic mass is 10.0. The Morgan fingerprint density at radius 1 is 1.28 bits per heavy atom. The summed E-state index contributed by atoms with van der Waals surface area (Å²) >= 11 is 0. The monoisotopic (exact) mass is 242 g/mol. The van der Waals surface area contributed by atoms with Crippen LogP contribution in [0.2, 0.25) is 0 Å². The second-order valence-corrected chi connectivity index (χ2v) is 4.92. The zero-order chi connectivity index (χ0) is 12.5. The Labute approximate surface area is 107 Å². The van der Waals surface area contributed by atoms with E-state index in [0.29, 0.717) is 0 Å². The molecule has 0 bridgehead atoms. The molecule has 2 aromatic heterocycles. The Kier molecular flexibility index (Phi) is 2.88. The molecule has 0 saturated heterocycles. The van der Waals surface area contributed by atoms with E-state index >= 15 is 0 Å². The third kappa shape index (κ3) is 1.82. The maximum absolute atomic E-state index is 6.02. The maximum Gasteiger partial charge on any atom is 0.142 e. The van der Waals surface area contributed by atoms with Gasteiger partial charge in [-0.25, -0.2) is 9.97 Å². The largest absolute Gasteiger partial charge is 0.324 e. The first kappa shape index (κ1) is 11.4. The third-order valence-corrected chi connectivity index (χ3v) is 3.57. The molecule has 1 aliphatic carbocycles. The van der Waals surface area contributed by atoms with Crippen LogP contribution in [-0.2, 0) is 12.8 Å². The van der Waals surface area contributed by atoms with Crippen LogP contribution >= 0.6 is 0 Å². The summed E-state index contributed by atoms with van der Waals surface area (Å²) in [4.78, 5) is 9.01. The zero-order valence-electron chi connectivity index (χ0n) is 10.6. The molecule has 2 N–H and O–H groups in total. The molecule has 0 saturated carbocycles. The van der Waals surface area contributed by atoms with Crippen LogP contribution in [0.15, 0.2) is 24.7 Å². The Morgan fingerprint density at radius 3 is 2.94 bits per heavy atom. The third-order valence-electron chi connectivity index (χ3n) is 3.57. The lowest BCUT2D eigenvalue weighted by Crippen LogP contribution is -2.13. The van der Waals surface area contributed by atoms with Crippen molar-refractivity contribution in [3.8, 4) is 5.82 Å². The summed E-state index contributed by atoms with van der Waals surface area (Å²) in [7, 11) is 0. The molecule has 0 aromatic carbocycles. The molecule has 0 spiro atoms. The SMILES string of the molecule is C[C@H](N)c1cccnc1-n1cnc2c1CCCC2. The number of aryl methyl sites for hydroxylation is 1. The molecule has 1 atom stereocenters. The van der Waals surface area contributed by atoms with Gasteiger partial charge in [0.1, 0.15) is 12.1 Å². The molecule has 18 heavy (non-hydrogen) atoms. The molecule has 4 heteroatoms. The van der Waals surface area contributed by atoms with Gasteiger partial charge in [0, 0.05) is 23.5 Å². The number of nitrogens with two attached hydrogens (primary N) is 1. The van der Waals surface area contributed by atoms with Crippen molar-refractivity contribution in [1.82, 2.24) is 14.5 Å². The number of aromatic nitrogens is 3. The normalized spacial score (nSPS) is 16.3. The van der Waals surface area contributed by atoms with E-state index in [4.69, 9.17) is 5.73 Å². The van der Waals surface area contributed by atoms with Gasteiger partial charge in [0.25, 0.3) is 0 Å². The van der Waals surface area contributed by atoms with Gasteiger partial charge in [-0.2, -0.15) is 0 Å². The summed E-state index contributed by atoms with van der Waals surface area (Å²) in [6.07, 6.45) is 8.36. The fraction of sp³-hybridized carbons (Fsp3) is 0.429. The van der Waals surface area contributed by atoms with Crippen LogP contribution in [0.3, 0.4) is 0 Å². The number of pyridine rings is 1. The van der Waals surface area contributed by atoms with Crippen molar-refractivity contribution < 1.29 is 0 Å². The van der Waals surface area contributed by atoms with Crippen LogP contribution in [0.25, 0.3) is 5.82 Å². The first-order valence-electron chi connectivity index (χ1n) is 6.53. The summed E-state index contributed by atoms with van der Waals surface area (Å²) in [6, 6.07) is 3.96. The minimum atomic E-state index is -0.0182. The van der Waals surface area contributed by atoms with E-state index < -0.39 is 0 Å². The minimum absolute atomic E-state index is 0.0182. The van der Waals surface area contributed by atoms with E-state index in [9.17, 15) is 0 Å². The summed E-state index contributed by atoms with van der Waals surface area (Å²) in [5.74, 6) is 0.933. The lowest BCUT2D eigenvalue weighted by molar-refractivity contribution is 0.651. The molecule has 3 rings (SSSR count). The molecule has 2 aromatic rings. The summed E-state index contributed by atoms with van der Waals surface area (Å²) in [6.45, 7) is 1.99. The Hall–Kier alpha value is -1.68. The van der Waals surface area contributed by atoms with Crippen LogP contribution in [0.4, 0.5) is 0 Å². The highest BCUT2D eigenvalue weighted by molar-refractivity contribution is 5.39. The van der Waals surface area contributed by atoms with E-state index in [1.165, 1.54) is 24.2 Å². The summed E-state index contributed by atoms with van der Waals surface area (Å²) in [5, 5.41) is 0. The molecule has 0 aliphatic heterocycles. The van der Waals surface area contributed by atoms with Gasteiger partial charge in [-0.1, -0.05) is 6.07 Å². The fourth-order valence-electron chi connectivity index (χ4n) is 2.62. The highest BCUT2D eigenvalue weighted by atomic mass is 15.1. The van der Waals surface area contributed by atoms with Gasteiger partial charge in [0.05, 0.1) is 5.69 Å². The van der Waals surface area contributed by atoms with E-state index in [2.05, 4.69) is 14.5 Å². The summed E-state index contributed by atoms with van der Waals surface area (Å²) < 4.78 is 2.12. The minimum Gasteiger partial charge on any atom is -0.324 e. The van der Waals surface area contributed by atoms with Gasteiger partial charge < -0.3 is 5.73 Å². The van der Waals surface area contributed by atoms with Crippen molar-refractivity contribution in [2.75, 3.05) is 0 Å². The first-order valence-corrected chi connectivity index (χ1v) is 6.53. The van der Waals surface area contributed by atoms with Gasteiger partial charge in [-0.3, -0.25) is 4.57 Å². The first-order chi connectivity index (χ1) is 8.77. The number of fused-ring (bicyclic) bond motifs is 1. The van der Waals surface area contributed by atoms with Crippen molar-refractivity contribution >= 4 is 0 Å². The van der Waals surface area contributed by atoms with E-state index in [0.717, 1.165) is 24.2 Å².